The lowest BCUT2D eigenvalue weighted by Crippen LogP contribution is -2.35. The number of alkyl halides is 5. The number of carbonyl (C=O) groups excluding carboxylic acids is 1. The van der Waals surface area contributed by atoms with Gasteiger partial charge in [-0.15, -0.1) is 0 Å². The molecule has 0 aliphatic heterocycles. The highest BCUT2D eigenvalue weighted by molar-refractivity contribution is 6.32. The molecule has 0 aromatic carbocycles. The topological polar surface area (TPSA) is 45.2 Å². The van der Waals surface area contributed by atoms with E-state index in [9.17, 15) is 26.7 Å². The minimum absolute atomic E-state index is 0.112. The van der Waals surface area contributed by atoms with Crippen molar-refractivity contribution in [1.82, 2.24) is 9.88 Å². The second-order valence-corrected chi connectivity index (χ2v) is 8.10. The SMILES string of the molecule is CCNc1nc(C(F)(F)F)c(Cl)c(C)c1C(=O)N(CCC(F)(F)CC)C1=CCCC(C)=C1. The van der Waals surface area contributed by atoms with E-state index in [2.05, 4.69) is 10.3 Å². The number of carbonyl (C=O) groups is 1. The van der Waals surface area contributed by atoms with E-state index in [1.165, 1.54) is 18.7 Å². The highest BCUT2D eigenvalue weighted by Gasteiger charge is 2.39. The van der Waals surface area contributed by atoms with Crippen LogP contribution in [-0.4, -0.2) is 34.8 Å². The number of nitrogens with zero attached hydrogens (tertiary/aromatic N) is 2. The molecule has 1 heterocycles. The highest BCUT2D eigenvalue weighted by Crippen LogP contribution is 2.39. The first-order chi connectivity index (χ1) is 14.8. The molecule has 0 atom stereocenters. The molecule has 0 saturated heterocycles. The third kappa shape index (κ3) is 5.99. The summed E-state index contributed by atoms with van der Waals surface area (Å²) in [5.74, 6) is -4.00. The van der Waals surface area contributed by atoms with Gasteiger partial charge < -0.3 is 10.2 Å². The van der Waals surface area contributed by atoms with Crippen molar-refractivity contribution in [3.05, 3.63) is 45.3 Å². The van der Waals surface area contributed by atoms with Crippen LogP contribution in [0.2, 0.25) is 5.02 Å². The fraction of sp³-hybridized carbons (Fsp3) is 0.545. The van der Waals surface area contributed by atoms with Crippen molar-refractivity contribution in [3.8, 4) is 0 Å². The number of pyridine rings is 1. The zero-order valence-electron chi connectivity index (χ0n) is 18.5. The maximum Gasteiger partial charge on any atom is 0.434 e. The summed E-state index contributed by atoms with van der Waals surface area (Å²) >= 11 is 5.96. The van der Waals surface area contributed by atoms with Crippen LogP contribution in [0.15, 0.2) is 23.4 Å². The molecule has 0 fully saturated rings. The summed E-state index contributed by atoms with van der Waals surface area (Å²) in [6.07, 6.45) is -0.913. The van der Waals surface area contributed by atoms with E-state index < -0.39 is 41.6 Å². The van der Waals surface area contributed by atoms with Gasteiger partial charge >= 0.3 is 6.18 Å². The van der Waals surface area contributed by atoms with Crippen LogP contribution < -0.4 is 5.32 Å². The number of nitrogens with one attached hydrogen (secondary N) is 1. The molecular formula is C22H27ClF5N3O. The fourth-order valence-electron chi connectivity index (χ4n) is 3.38. The van der Waals surface area contributed by atoms with E-state index in [0.29, 0.717) is 12.1 Å². The minimum Gasteiger partial charge on any atom is -0.370 e. The summed E-state index contributed by atoms with van der Waals surface area (Å²) in [5, 5.41) is 2.00. The lowest BCUT2D eigenvalue weighted by molar-refractivity contribution is -0.141. The molecule has 1 aliphatic carbocycles. The molecule has 10 heteroatoms. The normalized spacial score (nSPS) is 14.7. The standard InChI is InChI=1S/C22H27ClF5N3O/c1-5-21(24,25)10-11-31(15-9-7-8-13(3)12-15)20(32)16-14(4)17(23)18(22(26,27)28)30-19(16)29-6-2/h9,12H,5-8,10-11H2,1-4H3,(H,29,30). The molecule has 1 aromatic rings. The van der Waals surface area contributed by atoms with Gasteiger partial charge in [0, 0.05) is 31.6 Å². The van der Waals surface area contributed by atoms with Crippen molar-refractivity contribution < 1.29 is 26.7 Å². The molecule has 0 radical (unpaired) electrons. The predicted octanol–water partition coefficient (Wildman–Crippen LogP) is 7.00. The summed E-state index contributed by atoms with van der Waals surface area (Å²) in [6.45, 7) is 6.04. The summed E-state index contributed by atoms with van der Waals surface area (Å²) < 4.78 is 68.2. The van der Waals surface area contributed by atoms with Gasteiger partial charge in [-0.3, -0.25) is 4.79 Å². The number of aromatic nitrogens is 1. The van der Waals surface area contributed by atoms with Gasteiger partial charge in [0.2, 0.25) is 5.92 Å². The minimum atomic E-state index is -4.82. The van der Waals surface area contributed by atoms with E-state index >= 15 is 0 Å². The van der Waals surface area contributed by atoms with Gasteiger partial charge in [0.1, 0.15) is 5.82 Å². The number of halogens is 6. The number of rotatable bonds is 8. The van der Waals surface area contributed by atoms with Crippen molar-refractivity contribution >= 4 is 23.3 Å². The average molecular weight is 480 g/mol. The smallest absolute Gasteiger partial charge is 0.370 e. The Labute approximate surface area is 189 Å². The van der Waals surface area contributed by atoms with Gasteiger partial charge in [0.05, 0.1) is 10.6 Å². The third-order valence-electron chi connectivity index (χ3n) is 5.26. The quantitative estimate of drug-likeness (QED) is 0.408. The van der Waals surface area contributed by atoms with Crippen molar-refractivity contribution in [1.29, 1.82) is 0 Å². The van der Waals surface area contributed by atoms with E-state index in [-0.39, 0.29) is 30.0 Å². The Morgan fingerprint density at radius 1 is 1.22 bits per heavy atom. The molecular weight excluding hydrogens is 453 g/mol. The lowest BCUT2D eigenvalue weighted by Gasteiger charge is -2.29. The zero-order valence-corrected chi connectivity index (χ0v) is 19.2. The second kappa shape index (κ2) is 10.2. The molecule has 2 rings (SSSR count). The highest BCUT2D eigenvalue weighted by atomic mass is 35.5. The van der Waals surface area contributed by atoms with Crippen LogP contribution in [0.1, 0.15) is 68.1 Å². The summed E-state index contributed by atoms with van der Waals surface area (Å²) in [4.78, 5) is 18.3. The number of amides is 1. The van der Waals surface area contributed by atoms with E-state index in [1.54, 1.807) is 19.1 Å². The predicted molar refractivity (Wildman–Crippen MR) is 115 cm³/mol. The summed E-state index contributed by atoms with van der Waals surface area (Å²) in [6, 6.07) is 0. The third-order valence-corrected chi connectivity index (χ3v) is 5.72. The molecule has 1 aliphatic rings. The first kappa shape index (κ1) is 26.1. The molecule has 178 valence electrons. The monoisotopic (exact) mass is 479 g/mol. The molecule has 0 bridgehead atoms. The Hall–Kier alpha value is -2.16. The Balaban J connectivity index is 2.61. The summed E-state index contributed by atoms with van der Waals surface area (Å²) in [5.41, 5.74) is -0.180. The van der Waals surface area contributed by atoms with Gasteiger partial charge in [-0.2, -0.15) is 13.2 Å². The number of hydrogen-bond acceptors (Lipinski definition) is 3. The largest absolute Gasteiger partial charge is 0.434 e. The van der Waals surface area contributed by atoms with Gasteiger partial charge in [-0.25, -0.2) is 13.8 Å². The second-order valence-electron chi connectivity index (χ2n) is 7.73. The molecule has 4 nitrogen and oxygen atoms in total. The van der Waals surface area contributed by atoms with E-state index in [0.717, 1.165) is 12.0 Å². The van der Waals surface area contributed by atoms with Crippen LogP contribution in [-0.2, 0) is 6.18 Å². The average Bonchev–Trinajstić information content (AvgIpc) is 2.70. The molecule has 0 spiro atoms. The van der Waals surface area contributed by atoms with Crippen molar-refractivity contribution in [2.75, 3.05) is 18.4 Å². The van der Waals surface area contributed by atoms with Gasteiger partial charge in [-0.05, 0) is 45.3 Å². The van der Waals surface area contributed by atoms with Crippen LogP contribution >= 0.6 is 11.6 Å². The Morgan fingerprint density at radius 2 is 1.88 bits per heavy atom. The van der Waals surface area contributed by atoms with E-state index in [1.807, 2.05) is 6.92 Å². The number of anilines is 1. The first-order valence-electron chi connectivity index (χ1n) is 10.4. The molecule has 32 heavy (non-hydrogen) atoms. The van der Waals surface area contributed by atoms with Crippen LogP contribution in [0.3, 0.4) is 0 Å². The van der Waals surface area contributed by atoms with Gasteiger partial charge in [0.25, 0.3) is 5.91 Å². The van der Waals surface area contributed by atoms with Crippen molar-refractivity contribution in [3.63, 3.8) is 0 Å². The maximum atomic E-state index is 14.0. The van der Waals surface area contributed by atoms with E-state index in [4.69, 9.17) is 11.6 Å². The van der Waals surface area contributed by atoms with Gasteiger partial charge in [-0.1, -0.05) is 30.2 Å². The van der Waals surface area contributed by atoms with Crippen LogP contribution in [0.4, 0.5) is 27.8 Å². The molecule has 1 aromatic heterocycles. The van der Waals surface area contributed by atoms with Gasteiger partial charge in [0.15, 0.2) is 5.69 Å². The Bertz CT molecular complexity index is 925. The lowest BCUT2D eigenvalue weighted by atomic mass is 10.0. The Kier molecular flexibility index (Phi) is 8.31. The maximum absolute atomic E-state index is 14.0. The van der Waals surface area contributed by atoms with Crippen LogP contribution in [0, 0.1) is 6.92 Å². The molecule has 1 N–H and O–H groups in total. The number of hydrogen-bond donors (Lipinski definition) is 1. The summed E-state index contributed by atoms with van der Waals surface area (Å²) in [7, 11) is 0. The van der Waals surface area contributed by atoms with Crippen molar-refractivity contribution in [2.45, 2.75) is 65.5 Å². The van der Waals surface area contributed by atoms with Crippen LogP contribution in [0.25, 0.3) is 0 Å². The zero-order chi connectivity index (χ0) is 24.3. The fourth-order valence-corrected chi connectivity index (χ4v) is 3.62. The molecule has 1 amide bonds. The Morgan fingerprint density at radius 3 is 2.41 bits per heavy atom. The molecule has 0 unspecified atom stereocenters. The van der Waals surface area contributed by atoms with Crippen LogP contribution in [0.5, 0.6) is 0 Å². The first-order valence-corrected chi connectivity index (χ1v) is 10.8. The van der Waals surface area contributed by atoms with Crippen molar-refractivity contribution in [2.24, 2.45) is 0 Å². The number of allylic oxidation sites excluding steroid dienone is 3. The molecule has 0 saturated carbocycles.